The molecule has 0 atom stereocenters. The van der Waals surface area contributed by atoms with E-state index in [-0.39, 0.29) is 10.8 Å². The molecule has 0 radical (unpaired) electrons. The van der Waals surface area contributed by atoms with Crippen LogP contribution < -0.4 is 10.5 Å². The van der Waals surface area contributed by atoms with Crippen LogP contribution in [0.5, 0.6) is 11.6 Å². The molecule has 17 heavy (non-hydrogen) atoms. The zero-order chi connectivity index (χ0) is 12.4. The molecule has 0 spiro atoms. The highest BCUT2D eigenvalue weighted by Crippen LogP contribution is 2.30. The first-order valence-electron chi connectivity index (χ1n) is 4.62. The largest absolute Gasteiger partial charge is 0.435 e. The summed E-state index contributed by atoms with van der Waals surface area (Å²) in [5.74, 6) is -2.53. The molecule has 2 aromatic rings. The predicted octanol–water partition coefficient (Wildman–Crippen LogP) is 3.39. The summed E-state index contributed by atoms with van der Waals surface area (Å²) >= 11 is 5.82. The Balaban J connectivity index is 2.37. The molecule has 0 aliphatic heterocycles. The molecule has 0 aliphatic rings. The maximum atomic E-state index is 13.3. The van der Waals surface area contributed by atoms with Crippen LogP contribution in [0.25, 0.3) is 0 Å². The number of anilines is 1. The van der Waals surface area contributed by atoms with E-state index in [1.54, 1.807) is 18.2 Å². The Bertz CT molecular complexity index is 563. The lowest BCUT2D eigenvalue weighted by Gasteiger charge is -2.07. The van der Waals surface area contributed by atoms with E-state index in [0.29, 0.717) is 6.07 Å². The molecule has 0 amide bonds. The molecule has 3 nitrogen and oxygen atoms in total. The summed E-state index contributed by atoms with van der Waals surface area (Å²) in [6.07, 6.45) is 0. The molecular weight excluding hydrogens is 250 g/mol. The molecule has 2 rings (SSSR count). The van der Waals surface area contributed by atoms with E-state index in [4.69, 9.17) is 22.1 Å². The Morgan fingerprint density at radius 2 is 1.88 bits per heavy atom. The van der Waals surface area contributed by atoms with Gasteiger partial charge < -0.3 is 10.5 Å². The molecule has 0 fully saturated rings. The molecule has 88 valence electrons. The topological polar surface area (TPSA) is 48.1 Å². The minimum Gasteiger partial charge on any atom is -0.435 e. The highest BCUT2D eigenvalue weighted by molar-refractivity contribution is 6.32. The summed E-state index contributed by atoms with van der Waals surface area (Å²) in [5.41, 5.74) is 5.22. The van der Waals surface area contributed by atoms with Crippen LogP contribution in [0, 0.1) is 11.6 Å². The Hall–Kier alpha value is -1.88. The van der Waals surface area contributed by atoms with Gasteiger partial charge in [0.15, 0.2) is 17.5 Å². The highest BCUT2D eigenvalue weighted by atomic mass is 35.5. The Kier molecular flexibility index (Phi) is 3.10. The molecule has 1 heterocycles. The molecule has 0 saturated heterocycles. The summed E-state index contributed by atoms with van der Waals surface area (Å²) in [5, 5.41) is 0.289. The van der Waals surface area contributed by atoms with Crippen molar-refractivity contribution in [2.45, 2.75) is 0 Å². The SMILES string of the molecule is Nc1nc(Oc2ccccc2Cl)c(F)cc1F. The van der Waals surface area contributed by atoms with Crippen molar-refractivity contribution in [2.24, 2.45) is 0 Å². The van der Waals surface area contributed by atoms with Gasteiger partial charge in [0, 0.05) is 6.07 Å². The third-order valence-electron chi connectivity index (χ3n) is 1.97. The van der Waals surface area contributed by atoms with Crippen LogP contribution in [0.1, 0.15) is 0 Å². The van der Waals surface area contributed by atoms with Crippen molar-refractivity contribution < 1.29 is 13.5 Å². The van der Waals surface area contributed by atoms with Crippen LogP contribution in [0.2, 0.25) is 5.02 Å². The van der Waals surface area contributed by atoms with Crippen molar-refractivity contribution in [1.29, 1.82) is 0 Å². The summed E-state index contributed by atoms with van der Waals surface area (Å²) in [6.45, 7) is 0. The second-order valence-corrected chi connectivity index (χ2v) is 3.58. The molecule has 0 saturated carbocycles. The van der Waals surface area contributed by atoms with E-state index in [2.05, 4.69) is 4.98 Å². The second-order valence-electron chi connectivity index (χ2n) is 3.17. The standard InChI is InChI=1S/C11H7ClF2N2O/c12-6-3-1-2-4-9(6)17-11-8(14)5-7(13)10(15)16-11/h1-5H,(H2,15,16). The third kappa shape index (κ3) is 2.45. The van der Waals surface area contributed by atoms with Crippen molar-refractivity contribution in [3.63, 3.8) is 0 Å². The Labute approximate surface area is 101 Å². The fourth-order valence-corrected chi connectivity index (χ4v) is 1.34. The quantitative estimate of drug-likeness (QED) is 0.896. The summed E-state index contributed by atoms with van der Waals surface area (Å²) < 4.78 is 31.3. The predicted molar refractivity (Wildman–Crippen MR) is 60.1 cm³/mol. The molecule has 0 aliphatic carbocycles. The zero-order valence-electron chi connectivity index (χ0n) is 8.45. The third-order valence-corrected chi connectivity index (χ3v) is 2.28. The molecular formula is C11H7ClF2N2O. The lowest BCUT2D eigenvalue weighted by atomic mass is 10.3. The smallest absolute Gasteiger partial charge is 0.258 e. The van der Waals surface area contributed by atoms with Gasteiger partial charge in [0.05, 0.1) is 5.02 Å². The van der Waals surface area contributed by atoms with Crippen LogP contribution in [0.15, 0.2) is 30.3 Å². The molecule has 6 heteroatoms. The molecule has 1 aromatic carbocycles. The number of benzene rings is 1. The van der Waals surface area contributed by atoms with Gasteiger partial charge in [-0.3, -0.25) is 0 Å². The van der Waals surface area contributed by atoms with Crippen molar-refractivity contribution in [1.82, 2.24) is 4.98 Å². The fraction of sp³-hybridized carbons (Fsp3) is 0. The normalized spacial score (nSPS) is 10.3. The van der Waals surface area contributed by atoms with Gasteiger partial charge in [-0.1, -0.05) is 23.7 Å². The van der Waals surface area contributed by atoms with Crippen LogP contribution in [0.4, 0.5) is 14.6 Å². The number of aromatic nitrogens is 1. The minimum absolute atomic E-state index is 0.214. The van der Waals surface area contributed by atoms with Crippen molar-refractivity contribution in [3.05, 3.63) is 47.0 Å². The van der Waals surface area contributed by atoms with Crippen LogP contribution >= 0.6 is 11.6 Å². The lowest BCUT2D eigenvalue weighted by molar-refractivity contribution is 0.418. The average molecular weight is 257 g/mol. The first-order chi connectivity index (χ1) is 8.08. The highest BCUT2D eigenvalue weighted by Gasteiger charge is 2.12. The van der Waals surface area contributed by atoms with Gasteiger partial charge in [-0.2, -0.15) is 4.98 Å². The maximum absolute atomic E-state index is 13.3. The Morgan fingerprint density at radius 1 is 1.18 bits per heavy atom. The van der Waals surface area contributed by atoms with Gasteiger partial charge in [0.25, 0.3) is 5.88 Å². The maximum Gasteiger partial charge on any atom is 0.258 e. The van der Waals surface area contributed by atoms with Gasteiger partial charge >= 0.3 is 0 Å². The molecule has 1 aromatic heterocycles. The van der Waals surface area contributed by atoms with Gasteiger partial charge in [-0.15, -0.1) is 0 Å². The molecule has 2 N–H and O–H groups in total. The number of nitrogen functional groups attached to an aromatic ring is 1. The number of nitrogens with zero attached hydrogens (tertiary/aromatic N) is 1. The van der Waals surface area contributed by atoms with Crippen LogP contribution in [-0.4, -0.2) is 4.98 Å². The van der Waals surface area contributed by atoms with E-state index in [9.17, 15) is 8.78 Å². The van der Waals surface area contributed by atoms with E-state index < -0.39 is 23.3 Å². The minimum atomic E-state index is -0.948. The van der Waals surface area contributed by atoms with Crippen molar-refractivity contribution in [3.8, 4) is 11.6 Å². The van der Waals surface area contributed by atoms with Gasteiger partial charge in [0.2, 0.25) is 0 Å². The first kappa shape index (κ1) is 11.6. The van der Waals surface area contributed by atoms with E-state index in [1.165, 1.54) is 6.07 Å². The number of ether oxygens (including phenoxy) is 1. The number of halogens is 3. The average Bonchev–Trinajstić information content (AvgIpc) is 2.29. The molecule has 0 bridgehead atoms. The zero-order valence-corrected chi connectivity index (χ0v) is 9.21. The second kappa shape index (κ2) is 4.55. The number of hydrogen-bond donors (Lipinski definition) is 1. The van der Waals surface area contributed by atoms with E-state index in [0.717, 1.165) is 0 Å². The van der Waals surface area contributed by atoms with Crippen molar-refractivity contribution in [2.75, 3.05) is 5.73 Å². The van der Waals surface area contributed by atoms with Crippen molar-refractivity contribution >= 4 is 17.4 Å². The van der Waals surface area contributed by atoms with Crippen LogP contribution in [0.3, 0.4) is 0 Å². The summed E-state index contributed by atoms with van der Waals surface area (Å²) in [7, 11) is 0. The number of para-hydroxylation sites is 1. The number of pyridine rings is 1. The monoisotopic (exact) mass is 256 g/mol. The number of nitrogens with two attached hydrogens (primary N) is 1. The van der Waals surface area contributed by atoms with E-state index >= 15 is 0 Å². The van der Waals surface area contributed by atoms with E-state index in [1.807, 2.05) is 0 Å². The van der Waals surface area contributed by atoms with Crippen LogP contribution in [-0.2, 0) is 0 Å². The van der Waals surface area contributed by atoms with Gasteiger partial charge in [-0.05, 0) is 12.1 Å². The van der Waals surface area contributed by atoms with Gasteiger partial charge in [0.1, 0.15) is 5.75 Å². The first-order valence-corrected chi connectivity index (χ1v) is 4.99. The number of rotatable bonds is 2. The summed E-state index contributed by atoms with van der Waals surface area (Å²) in [6, 6.07) is 7.06. The fourth-order valence-electron chi connectivity index (χ4n) is 1.17. The number of hydrogen-bond acceptors (Lipinski definition) is 3. The van der Waals surface area contributed by atoms with Gasteiger partial charge in [-0.25, -0.2) is 8.78 Å². The Morgan fingerprint density at radius 3 is 2.59 bits per heavy atom. The summed E-state index contributed by atoms with van der Waals surface area (Å²) in [4.78, 5) is 3.46. The molecule has 0 unspecified atom stereocenters. The lowest BCUT2D eigenvalue weighted by Crippen LogP contribution is -2.00.